The Balaban J connectivity index is 1.13. The molecule has 0 saturated carbocycles. The molecule has 0 amide bonds. The van der Waals surface area contributed by atoms with Gasteiger partial charge in [-0.25, -0.2) is 15.0 Å². The molecule has 6 aromatic carbocycles. The monoisotopic (exact) mass is 820 g/mol. The zero-order valence-electron chi connectivity index (χ0n) is 35.5. The summed E-state index contributed by atoms with van der Waals surface area (Å²) in [5.41, 5.74) is 12.1. The number of nitrogens with zero attached hydrogens (tertiary/aromatic N) is 6. The summed E-state index contributed by atoms with van der Waals surface area (Å²) in [6.07, 6.45) is 6.69. The summed E-state index contributed by atoms with van der Waals surface area (Å²) in [7, 11) is 0. The third-order valence-electron chi connectivity index (χ3n) is 11.4. The van der Waals surface area contributed by atoms with Crippen LogP contribution in [-0.4, -0.2) is 29.5 Å². The van der Waals surface area contributed by atoms with Crippen molar-refractivity contribution in [2.24, 2.45) is 0 Å². The zero-order chi connectivity index (χ0) is 42.9. The second-order valence-electron chi connectivity index (χ2n) is 16.2. The number of aromatic nitrogens is 6. The highest BCUT2D eigenvalue weighted by molar-refractivity contribution is 6.09. The van der Waals surface area contributed by atoms with Gasteiger partial charge in [0.25, 0.3) is 0 Å². The summed E-state index contributed by atoms with van der Waals surface area (Å²) in [6.45, 7) is 8.86. The Hall–Kier alpha value is -7.97. The van der Waals surface area contributed by atoms with Crippen molar-refractivity contribution in [3.05, 3.63) is 194 Å². The fourth-order valence-electron chi connectivity index (χ4n) is 8.46. The molecule has 8 heteroatoms. The van der Waals surface area contributed by atoms with Gasteiger partial charge in [0, 0.05) is 57.6 Å². The van der Waals surface area contributed by atoms with E-state index in [1.54, 1.807) is 0 Å². The Labute approximate surface area is 366 Å². The molecule has 0 unspecified atom stereocenters. The molecule has 0 aliphatic rings. The van der Waals surface area contributed by atoms with E-state index in [4.69, 9.17) is 19.4 Å². The third kappa shape index (κ3) is 7.68. The first-order valence-corrected chi connectivity index (χ1v) is 21.3. The van der Waals surface area contributed by atoms with Crippen molar-refractivity contribution in [3.8, 4) is 73.7 Å². The summed E-state index contributed by atoms with van der Waals surface area (Å²) in [6, 6.07) is 53.9. The van der Waals surface area contributed by atoms with Crippen LogP contribution in [-0.2, 0) is 0 Å². The predicted octanol–water partition coefficient (Wildman–Crippen LogP) is 14.3. The van der Waals surface area contributed by atoms with Crippen LogP contribution < -0.4 is 9.47 Å². The molecule has 0 aliphatic heterocycles. The van der Waals surface area contributed by atoms with Crippen LogP contribution in [0.4, 0.5) is 0 Å². The molecule has 0 aliphatic carbocycles. The van der Waals surface area contributed by atoms with Gasteiger partial charge in [-0.15, -0.1) is 0 Å². The van der Waals surface area contributed by atoms with Crippen molar-refractivity contribution in [1.82, 2.24) is 29.5 Å². The zero-order valence-corrected chi connectivity index (χ0v) is 35.5. The van der Waals surface area contributed by atoms with Gasteiger partial charge >= 0.3 is 0 Å². The van der Waals surface area contributed by atoms with Gasteiger partial charge in [-0.2, -0.15) is 0 Å². The molecule has 306 valence electrons. The van der Waals surface area contributed by atoms with Gasteiger partial charge in [-0.05, 0) is 107 Å². The summed E-state index contributed by atoms with van der Waals surface area (Å²) in [5.74, 6) is 3.74. The number of fused-ring (bicyclic) bond motifs is 3. The van der Waals surface area contributed by atoms with Crippen molar-refractivity contribution in [3.63, 3.8) is 0 Å². The van der Waals surface area contributed by atoms with Gasteiger partial charge in [0.15, 0.2) is 0 Å². The maximum atomic E-state index is 7.02. The van der Waals surface area contributed by atoms with Crippen LogP contribution in [0.15, 0.2) is 183 Å². The Morgan fingerprint density at radius 1 is 0.429 bits per heavy atom. The quantitative estimate of drug-likeness (QED) is 0.128. The molecule has 0 spiro atoms. The van der Waals surface area contributed by atoms with Gasteiger partial charge in [0.1, 0.15) is 35.7 Å². The van der Waals surface area contributed by atoms with E-state index in [2.05, 4.69) is 144 Å². The third-order valence-corrected chi connectivity index (χ3v) is 11.4. The average molecular weight is 821 g/mol. The highest BCUT2D eigenvalue weighted by Crippen LogP contribution is 2.46. The summed E-state index contributed by atoms with van der Waals surface area (Å²) in [5, 5.41) is 2.03. The summed E-state index contributed by atoms with van der Waals surface area (Å²) < 4.78 is 16.1. The molecule has 0 radical (unpaired) electrons. The van der Waals surface area contributed by atoms with Crippen molar-refractivity contribution < 1.29 is 9.47 Å². The summed E-state index contributed by atoms with van der Waals surface area (Å²) >= 11 is 0. The molecule has 0 saturated heterocycles. The Morgan fingerprint density at radius 2 is 0.873 bits per heavy atom. The molecular weight excluding hydrogens is 777 g/mol. The molecule has 0 atom stereocenters. The molecule has 0 fully saturated rings. The van der Waals surface area contributed by atoms with E-state index >= 15 is 0 Å². The van der Waals surface area contributed by atoms with Gasteiger partial charge < -0.3 is 9.47 Å². The maximum absolute atomic E-state index is 7.02. The molecule has 63 heavy (non-hydrogen) atoms. The smallest absolute Gasteiger partial charge is 0.237 e. The predicted molar refractivity (Wildman–Crippen MR) is 253 cm³/mol. The first kappa shape index (κ1) is 39.2. The van der Waals surface area contributed by atoms with Crippen LogP contribution in [0.25, 0.3) is 72.5 Å². The largest absolute Gasteiger partial charge is 0.457 e. The topological polar surface area (TPSA) is 87.8 Å². The number of rotatable bonds is 11. The molecule has 4 heterocycles. The first-order valence-electron chi connectivity index (χ1n) is 21.3. The lowest BCUT2D eigenvalue weighted by Crippen LogP contribution is -2.01. The lowest BCUT2D eigenvalue weighted by atomic mass is 9.89. The van der Waals surface area contributed by atoms with E-state index in [-0.39, 0.29) is 11.8 Å². The minimum absolute atomic E-state index is 0.217. The van der Waals surface area contributed by atoms with E-state index in [0.717, 1.165) is 78.1 Å². The Kier molecular flexibility index (Phi) is 10.5. The van der Waals surface area contributed by atoms with Gasteiger partial charge in [-0.1, -0.05) is 100 Å². The van der Waals surface area contributed by atoms with Crippen molar-refractivity contribution in [2.45, 2.75) is 39.5 Å². The highest BCUT2D eigenvalue weighted by Gasteiger charge is 2.22. The SMILES string of the molecule is CC(C)c1cc(-c2ccccn2)cc(Oc2ccc3c4ccc(Oc5cc(-c6ccccn6)cc(C(C)C)c5-c5ccccc5)cc4n(-c4ncncn4)c3c2)c1-c1ccccc1. The molecule has 8 nitrogen and oxygen atoms in total. The fourth-order valence-corrected chi connectivity index (χ4v) is 8.46. The van der Waals surface area contributed by atoms with E-state index in [1.165, 1.54) is 23.8 Å². The second kappa shape index (κ2) is 16.8. The highest BCUT2D eigenvalue weighted by atomic mass is 16.5. The fraction of sp³-hybridized carbons (Fsp3) is 0.109. The van der Waals surface area contributed by atoms with Crippen molar-refractivity contribution in [2.75, 3.05) is 0 Å². The van der Waals surface area contributed by atoms with Crippen LogP contribution in [0.5, 0.6) is 23.0 Å². The van der Waals surface area contributed by atoms with Gasteiger partial charge in [0.2, 0.25) is 5.95 Å². The van der Waals surface area contributed by atoms with Crippen LogP contribution in [0.2, 0.25) is 0 Å². The molecule has 0 N–H and O–H groups in total. The lowest BCUT2D eigenvalue weighted by Gasteiger charge is -2.20. The van der Waals surface area contributed by atoms with Crippen LogP contribution in [0, 0.1) is 0 Å². The lowest BCUT2D eigenvalue weighted by molar-refractivity contribution is 0.484. The standard InChI is InChI=1S/C55H44N6O2/c1-35(2)45-27-39(47-19-11-13-25-57-47)29-51(53(45)37-15-7-5-8-16-37)62-41-21-23-43-44-24-22-42(32-50(44)61(49(43)31-41)55-59-33-56-34-60-55)63-52-30-40(48-20-12-14-26-58-48)28-46(36(3)4)54(52)38-17-9-6-10-18-38/h5-36H,1-4H3. The Bertz CT molecular complexity index is 3010. The minimum atomic E-state index is 0.217. The number of hydrogen-bond acceptors (Lipinski definition) is 7. The molecule has 10 rings (SSSR count). The van der Waals surface area contributed by atoms with E-state index < -0.39 is 0 Å². The van der Waals surface area contributed by atoms with Crippen molar-refractivity contribution >= 4 is 21.8 Å². The number of ether oxygens (including phenoxy) is 2. The molecule has 4 aromatic heterocycles. The van der Waals surface area contributed by atoms with Gasteiger partial charge in [0.05, 0.1) is 22.4 Å². The number of benzene rings is 6. The average Bonchev–Trinajstić information content (AvgIpc) is 3.65. The normalized spacial score (nSPS) is 11.5. The molecule has 10 aromatic rings. The van der Waals surface area contributed by atoms with Crippen LogP contribution in [0.3, 0.4) is 0 Å². The maximum Gasteiger partial charge on any atom is 0.237 e. The minimum Gasteiger partial charge on any atom is -0.457 e. The van der Waals surface area contributed by atoms with E-state index in [1.807, 2.05) is 73.1 Å². The van der Waals surface area contributed by atoms with E-state index in [0.29, 0.717) is 17.4 Å². The van der Waals surface area contributed by atoms with Crippen LogP contribution in [0.1, 0.15) is 50.7 Å². The Morgan fingerprint density at radius 3 is 1.29 bits per heavy atom. The second-order valence-corrected chi connectivity index (χ2v) is 16.2. The van der Waals surface area contributed by atoms with Crippen LogP contribution >= 0.6 is 0 Å². The molecule has 0 bridgehead atoms. The summed E-state index contributed by atoms with van der Waals surface area (Å²) in [4.78, 5) is 22.9. The van der Waals surface area contributed by atoms with Crippen molar-refractivity contribution in [1.29, 1.82) is 0 Å². The molecular formula is C55H44N6O2. The number of hydrogen-bond donors (Lipinski definition) is 0. The number of pyridine rings is 2. The van der Waals surface area contributed by atoms with Gasteiger partial charge in [-0.3, -0.25) is 14.5 Å². The first-order chi connectivity index (χ1) is 30.9. The van der Waals surface area contributed by atoms with E-state index in [9.17, 15) is 0 Å².